The molecule has 6 heteroatoms. The van der Waals surface area contributed by atoms with E-state index in [9.17, 15) is 12.8 Å². The lowest BCUT2D eigenvalue weighted by atomic mass is 10.1. The summed E-state index contributed by atoms with van der Waals surface area (Å²) in [5.74, 6) is -0.570. The van der Waals surface area contributed by atoms with Crippen LogP contribution in [0.5, 0.6) is 0 Å². The summed E-state index contributed by atoms with van der Waals surface area (Å²) in [5.41, 5.74) is -0.615. The van der Waals surface area contributed by atoms with E-state index in [4.69, 9.17) is 11.6 Å². The summed E-state index contributed by atoms with van der Waals surface area (Å²) < 4.78 is 38.9. The van der Waals surface area contributed by atoms with Gasteiger partial charge in [-0.3, -0.25) is 0 Å². The van der Waals surface area contributed by atoms with E-state index in [-0.39, 0.29) is 9.92 Å². The number of hydrogen-bond acceptors (Lipinski definition) is 2. The average Bonchev–Trinajstić information content (AvgIpc) is 1.97. The second-order valence-corrected chi connectivity index (χ2v) is 6.49. The van der Waals surface area contributed by atoms with Gasteiger partial charge in [-0.05, 0) is 39.0 Å². The Morgan fingerprint density at radius 1 is 1.31 bits per heavy atom. The fraction of sp³-hybridized carbons (Fsp3) is 0.400. The highest BCUT2D eigenvalue weighted by atomic mass is 35.5. The van der Waals surface area contributed by atoms with Crippen LogP contribution in [0.25, 0.3) is 0 Å². The summed E-state index contributed by atoms with van der Waals surface area (Å²) in [4.78, 5) is -0.120. The molecule has 1 rings (SSSR count). The summed E-state index contributed by atoms with van der Waals surface area (Å²) in [6.07, 6.45) is 0. The van der Waals surface area contributed by atoms with Crippen molar-refractivity contribution < 1.29 is 12.8 Å². The van der Waals surface area contributed by atoms with Gasteiger partial charge < -0.3 is 0 Å². The van der Waals surface area contributed by atoms with Crippen molar-refractivity contribution in [3.63, 3.8) is 0 Å². The van der Waals surface area contributed by atoms with Crippen molar-refractivity contribution in [1.82, 2.24) is 4.72 Å². The Morgan fingerprint density at radius 3 is 2.31 bits per heavy atom. The number of benzene rings is 1. The van der Waals surface area contributed by atoms with Gasteiger partial charge in [0.1, 0.15) is 10.7 Å². The smallest absolute Gasteiger partial charge is 0.207 e. The van der Waals surface area contributed by atoms with Gasteiger partial charge in [0.25, 0.3) is 0 Å². The van der Waals surface area contributed by atoms with E-state index in [2.05, 4.69) is 4.72 Å². The van der Waals surface area contributed by atoms with Gasteiger partial charge in [0.15, 0.2) is 0 Å². The molecule has 0 aliphatic rings. The largest absolute Gasteiger partial charge is 0.242 e. The first-order valence-electron chi connectivity index (χ1n) is 4.61. The topological polar surface area (TPSA) is 46.2 Å². The number of halogens is 2. The molecule has 1 aromatic rings. The van der Waals surface area contributed by atoms with E-state index in [1.165, 1.54) is 0 Å². The van der Waals surface area contributed by atoms with Crippen LogP contribution in [0.3, 0.4) is 0 Å². The molecule has 1 aromatic carbocycles. The van der Waals surface area contributed by atoms with Crippen molar-refractivity contribution in [2.75, 3.05) is 0 Å². The van der Waals surface area contributed by atoms with Crippen LogP contribution in [0.15, 0.2) is 23.1 Å². The van der Waals surface area contributed by atoms with Crippen LogP contribution in [0, 0.1) is 5.82 Å². The molecular weight excluding hydrogens is 253 g/mol. The van der Waals surface area contributed by atoms with E-state index in [1.807, 2.05) is 0 Å². The van der Waals surface area contributed by atoms with Crippen LogP contribution < -0.4 is 4.72 Å². The van der Waals surface area contributed by atoms with Crippen LogP contribution in [0.2, 0.25) is 5.02 Å². The lowest BCUT2D eigenvalue weighted by Gasteiger charge is -2.20. The molecule has 0 saturated carbocycles. The monoisotopic (exact) mass is 265 g/mol. The van der Waals surface area contributed by atoms with Crippen LogP contribution in [0.1, 0.15) is 20.8 Å². The third-order valence-electron chi connectivity index (χ3n) is 1.62. The number of hydrogen-bond donors (Lipinski definition) is 1. The minimum atomic E-state index is -3.71. The SMILES string of the molecule is CC(C)(C)NS(=O)(=O)c1ccc(F)cc1Cl. The second-order valence-electron chi connectivity index (χ2n) is 4.43. The van der Waals surface area contributed by atoms with Gasteiger partial charge in [-0.15, -0.1) is 0 Å². The molecule has 0 radical (unpaired) electrons. The molecule has 3 nitrogen and oxygen atoms in total. The Hall–Kier alpha value is -0.650. The average molecular weight is 266 g/mol. The van der Waals surface area contributed by atoms with Crippen LogP contribution in [0.4, 0.5) is 4.39 Å². The molecule has 0 atom stereocenters. The lowest BCUT2D eigenvalue weighted by molar-refractivity contribution is 0.491. The van der Waals surface area contributed by atoms with Gasteiger partial charge in [0.05, 0.1) is 5.02 Å². The highest BCUT2D eigenvalue weighted by molar-refractivity contribution is 7.89. The summed E-state index contributed by atoms with van der Waals surface area (Å²) >= 11 is 5.68. The fourth-order valence-electron chi connectivity index (χ4n) is 1.15. The summed E-state index contributed by atoms with van der Waals surface area (Å²) in [6, 6.07) is 3.17. The van der Waals surface area contributed by atoms with E-state index in [0.717, 1.165) is 18.2 Å². The summed E-state index contributed by atoms with van der Waals surface area (Å²) in [5, 5.41) is -0.128. The molecule has 0 aromatic heterocycles. The van der Waals surface area contributed by atoms with Gasteiger partial charge in [0.2, 0.25) is 10.0 Å². The molecule has 0 fully saturated rings. The van der Waals surface area contributed by atoms with Crippen molar-refractivity contribution in [3.8, 4) is 0 Å². The molecule has 0 bridgehead atoms. The first-order valence-corrected chi connectivity index (χ1v) is 6.47. The standard InChI is InChI=1S/C10H13ClFNO2S/c1-10(2,3)13-16(14,15)9-5-4-7(12)6-8(9)11/h4-6,13H,1-3H3. The fourth-order valence-corrected chi connectivity index (χ4v) is 3.10. The highest BCUT2D eigenvalue weighted by Crippen LogP contribution is 2.23. The zero-order chi connectivity index (χ0) is 12.6. The molecule has 0 heterocycles. The molecule has 1 N–H and O–H groups in total. The maximum Gasteiger partial charge on any atom is 0.242 e. The van der Waals surface area contributed by atoms with Gasteiger partial charge in [-0.1, -0.05) is 11.6 Å². The highest BCUT2D eigenvalue weighted by Gasteiger charge is 2.24. The van der Waals surface area contributed by atoms with Crippen LogP contribution in [-0.2, 0) is 10.0 Å². The quantitative estimate of drug-likeness (QED) is 0.893. The number of nitrogens with one attached hydrogen (secondary N) is 1. The summed E-state index contributed by atoms with van der Waals surface area (Å²) in [7, 11) is -3.71. The maximum absolute atomic E-state index is 12.8. The maximum atomic E-state index is 12.8. The molecule has 0 amide bonds. The van der Waals surface area contributed by atoms with Crippen molar-refractivity contribution in [2.45, 2.75) is 31.2 Å². The summed E-state index contributed by atoms with van der Waals surface area (Å²) in [6.45, 7) is 5.13. The molecule has 0 unspecified atom stereocenters. The minimum absolute atomic E-state index is 0.120. The van der Waals surface area contributed by atoms with Crippen molar-refractivity contribution in [2.24, 2.45) is 0 Å². The van der Waals surface area contributed by atoms with Crippen molar-refractivity contribution in [3.05, 3.63) is 29.0 Å². The molecular formula is C10H13ClFNO2S. The van der Waals surface area contributed by atoms with Gasteiger partial charge >= 0.3 is 0 Å². The molecule has 0 aliphatic carbocycles. The molecule has 16 heavy (non-hydrogen) atoms. The predicted molar refractivity (Wildman–Crippen MR) is 61.5 cm³/mol. The number of rotatable bonds is 2. The van der Waals surface area contributed by atoms with E-state index in [1.54, 1.807) is 20.8 Å². The van der Waals surface area contributed by atoms with E-state index in [0.29, 0.717) is 0 Å². The van der Waals surface area contributed by atoms with Gasteiger partial charge in [-0.25, -0.2) is 17.5 Å². The zero-order valence-corrected chi connectivity index (χ0v) is 10.8. The Kier molecular flexibility index (Phi) is 3.62. The van der Waals surface area contributed by atoms with E-state index >= 15 is 0 Å². The van der Waals surface area contributed by atoms with E-state index < -0.39 is 21.4 Å². The molecule has 0 aliphatic heterocycles. The second kappa shape index (κ2) is 4.31. The van der Waals surface area contributed by atoms with Gasteiger partial charge in [-0.2, -0.15) is 0 Å². The normalized spacial score (nSPS) is 12.8. The predicted octanol–water partition coefficient (Wildman–Crippen LogP) is 2.56. The Balaban J connectivity index is 3.18. The van der Waals surface area contributed by atoms with Crippen LogP contribution in [-0.4, -0.2) is 14.0 Å². The minimum Gasteiger partial charge on any atom is -0.207 e. The van der Waals surface area contributed by atoms with Crippen molar-refractivity contribution >= 4 is 21.6 Å². The van der Waals surface area contributed by atoms with Crippen LogP contribution >= 0.6 is 11.6 Å². The first-order chi connectivity index (χ1) is 7.12. The Labute approximate surface area is 99.7 Å². The Bertz CT molecular complexity index is 494. The zero-order valence-electron chi connectivity index (χ0n) is 9.21. The first kappa shape index (κ1) is 13.4. The number of sulfonamides is 1. The molecule has 0 saturated heterocycles. The lowest BCUT2D eigenvalue weighted by Crippen LogP contribution is -2.40. The third kappa shape index (κ3) is 3.43. The van der Waals surface area contributed by atoms with Crippen molar-refractivity contribution in [1.29, 1.82) is 0 Å². The molecule has 0 spiro atoms. The molecule has 90 valence electrons. The Morgan fingerprint density at radius 2 is 1.88 bits per heavy atom. The third-order valence-corrected chi connectivity index (χ3v) is 3.86. The van der Waals surface area contributed by atoms with Gasteiger partial charge in [0, 0.05) is 5.54 Å².